The van der Waals surface area contributed by atoms with Crippen LogP contribution >= 0.6 is 0 Å². The molecule has 2 aromatic heterocycles. The number of rotatable bonds is 5. The van der Waals surface area contributed by atoms with Crippen molar-refractivity contribution in [2.24, 2.45) is 0 Å². The highest BCUT2D eigenvalue weighted by atomic mass is 16.1. The monoisotopic (exact) mass is 270 g/mol. The minimum Gasteiger partial charge on any atom is -0.386 e. The van der Waals surface area contributed by atoms with Gasteiger partial charge in [0.2, 0.25) is 0 Å². The Bertz CT molecular complexity index is 598. The Hall–Kier alpha value is -2.43. The van der Waals surface area contributed by atoms with Gasteiger partial charge in [0.15, 0.2) is 0 Å². The molecule has 20 heavy (non-hydrogen) atoms. The second-order valence-corrected chi connectivity index (χ2v) is 4.32. The van der Waals surface area contributed by atoms with E-state index in [2.05, 4.69) is 27.5 Å². The van der Waals surface area contributed by atoms with Crippen LogP contribution in [0.25, 0.3) is 0 Å². The van der Waals surface area contributed by atoms with Gasteiger partial charge in [-0.3, -0.25) is 14.8 Å². The van der Waals surface area contributed by atoms with E-state index in [4.69, 9.17) is 0 Å². The smallest absolute Gasteiger partial charge is 0.253 e. The molecule has 0 aromatic carbocycles. The Morgan fingerprint density at radius 3 is 2.90 bits per heavy atom. The van der Waals surface area contributed by atoms with E-state index in [-0.39, 0.29) is 5.91 Å². The van der Waals surface area contributed by atoms with E-state index in [0.717, 1.165) is 17.7 Å². The zero-order valence-electron chi connectivity index (χ0n) is 11.7. The van der Waals surface area contributed by atoms with Crippen LogP contribution in [0.3, 0.4) is 0 Å². The molecular weight excluding hydrogens is 252 g/mol. The third-order valence-electron chi connectivity index (χ3n) is 3.12. The highest BCUT2D eigenvalue weighted by Crippen LogP contribution is 2.12. The van der Waals surface area contributed by atoms with Crippen molar-refractivity contribution in [2.75, 3.05) is 12.4 Å². The second-order valence-electron chi connectivity index (χ2n) is 4.32. The molecule has 0 fully saturated rings. The van der Waals surface area contributed by atoms with Gasteiger partial charge in [-0.1, -0.05) is 13.0 Å². The molecule has 5 nitrogen and oxygen atoms in total. The van der Waals surface area contributed by atoms with Gasteiger partial charge in [0.05, 0.1) is 29.7 Å². The standard InChI is InChI=1S/C15H18N4O/c1-3-11-5-4-7-18-13(11)10-19-15(20)12-6-8-17-9-14(12)16-2/h4-9,16H,3,10H2,1-2H3,(H,19,20). The summed E-state index contributed by atoms with van der Waals surface area (Å²) in [5, 5.41) is 5.85. The van der Waals surface area contributed by atoms with Gasteiger partial charge >= 0.3 is 0 Å². The molecule has 0 saturated carbocycles. The summed E-state index contributed by atoms with van der Waals surface area (Å²) >= 11 is 0. The first kappa shape index (κ1) is 14.0. The Kier molecular flexibility index (Phi) is 4.65. The number of carbonyl (C=O) groups excluding carboxylic acids is 1. The van der Waals surface area contributed by atoms with Crippen molar-refractivity contribution in [3.05, 3.63) is 53.6 Å². The summed E-state index contributed by atoms with van der Waals surface area (Å²) in [6.07, 6.45) is 5.88. The van der Waals surface area contributed by atoms with Crippen LogP contribution in [0, 0.1) is 0 Å². The third-order valence-corrected chi connectivity index (χ3v) is 3.12. The highest BCUT2D eigenvalue weighted by Gasteiger charge is 2.11. The third kappa shape index (κ3) is 3.12. The number of anilines is 1. The predicted octanol–water partition coefficient (Wildman–Crippen LogP) is 2.01. The van der Waals surface area contributed by atoms with Gasteiger partial charge in [-0.05, 0) is 24.1 Å². The number of hydrogen-bond donors (Lipinski definition) is 2. The van der Waals surface area contributed by atoms with Crippen molar-refractivity contribution in [3.63, 3.8) is 0 Å². The second kappa shape index (κ2) is 6.65. The normalized spacial score (nSPS) is 10.1. The fourth-order valence-electron chi connectivity index (χ4n) is 2.00. The molecule has 0 unspecified atom stereocenters. The maximum absolute atomic E-state index is 12.2. The molecule has 0 spiro atoms. The van der Waals surface area contributed by atoms with Crippen LogP contribution < -0.4 is 10.6 Å². The topological polar surface area (TPSA) is 66.9 Å². The lowest BCUT2D eigenvalue weighted by Gasteiger charge is -2.10. The first-order valence-corrected chi connectivity index (χ1v) is 6.59. The van der Waals surface area contributed by atoms with Gasteiger partial charge < -0.3 is 10.6 Å². The molecule has 2 N–H and O–H groups in total. The lowest BCUT2D eigenvalue weighted by atomic mass is 10.1. The largest absolute Gasteiger partial charge is 0.386 e. The zero-order chi connectivity index (χ0) is 14.4. The first-order chi connectivity index (χ1) is 9.76. The number of nitrogens with one attached hydrogen (secondary N) is 2. The average molecular weight is 270 g/mol. The van der Waals surface area contributed by atoms with Crippen LogP contribution in [-0.4, -0.2) is 22.9 Å². The number of nitrogens with zero attached hydrogens (tertiary/aromatic N) is 2. The molecule has 104 valence electrons. The Morgan fingerprint density at radius 2 is 2.15 bits per heavy atom. The van der Waals surface area contributed by atoms with Crippen LogP contribution in [0.4, 0.5) is 5.69 Å². The minimum atomic E-state index is -0.135. The van der Waals surface area contributed by atoms with Crippen LogP contribution in [0.15, 0.2) is 36.8 Å². The van der Waals surface area contributed by atoms with Crippen molar-refractivity contribution in [3.8, 4) is 0 Å². The van der Waals surface area contributed by atoms with E-state index in [9.17, 15) is 4.79 Å². The fourth-order valence-corrected chi connectivity index (χ4v) is 2.00. The lowest BCUT2D eigenvalue weighted by molar-refractivity contribution is 0.0951. The van der Waals surface area contributed by atoms with Crippen molar-refractivity contribution in [1.82, 2.24) is 15.3 Å². The zero-order valence-corrected chi connectivity index (χ0v) is 11.7. The molecule has 1 amide bonds. The van der Waals surface area contributed by atoms with Crippen LogP contribution in [0.5, 0.6) is 0 Å². The summed E-state index contributed by atoms with van der Waals surface area (Å²) in [5.74, 6) is -0.135. The van der Waals surface area contributed by atoms with Crippen LogP contribution in [-0.2, 0) is 13.0 Å². The number of aryl methyl sites for hydroxylation is 1. The van der Waals surface area contributed by atoms with Crippen molar-refractivity contribution >= 4 is 11.6 Å². The van der Waals surface area contributed by atoms with Gasteiger partial charge in [-0.25, -0.2) is 0 Å². The lowest BCUT2D eigenvalue weighted by Crippen LogP contribution is -2.24. The molecule has 0 aliphatic heterocycles. The average Bonchev–Trinajstić information content (AvgIpc) is 2.52. The molecule has 2 aromatic rings. The highest BCUT2D eigenvalue weighted by molar-refractivity contribution is 5.99. The van der Waals surface area contributed by atoms with Crippen LogP contribution in [0.2, 0.25) is 0 Å². The van der Waals surface area contributed by atoms with E-state index in [1.165, 1.54) is 0 Å². The number of aromatic nitrogens is 2. The molecule has 5 heteroatoms. The number of hydrogen-bond acceptors (Lipinski definition) is 4. The van der Waals surface area contributed by atoms with Gasteiger partial charge in [0.1, 0.15) is 0 Å². The van der Waals surface area contributed by atoms with E-state index >= 15 is 0 Å². The maximum Gasteiger partial charge on any atom is 0.253 e. The summed E-state index contributed by atoms with van der Waals surface area (Å²) in [4.78, 5) is 20.5. The SMILES string of the molecule is CCc1cccnc1CNC(=O)c1ccncc1NC. The summed E-state index contributed by atoms with van der Waals surface area (Å²) in [5.41, 5.74) is 3.35. The Morgan fingerprint density at radius 1 is 1.30 bits per heavy atom. The Balaban J connectivity index is 2.09. The molecule has 0 atom stereocenters. The molecule has 2 rings (SSSR count). The quantitative estimate of drug-likeness (QED) is 0.872. The molecule has 0 radical (unpaired) electrons. The molecular formula is C15H18N4O. The Labute approximate surface area is 118 Å². The van der Waals surface area contributed by atoms with Crippen molar-refractivity contribution in [1.29, 1.82) is 0 Å². The number of amides is 1. The number of pyridine rings is 2. The maximum atomic E-state index is 12.2. The summed E-state index contributed by atoms with van der Waals surface area (Å²) < 4.78 is 0. The predicted molar refractivity (Wildman–Crippen MR) is 78.6 cm³/mol. The molecule has 0 saturated heterocycles. The fraction of sp³-hybridized carbons (Fsp3) is 0.267. The van der Waals surface area contributed by atoms with Crippen molar-refractivity contribution < 1.29 is 4.79 Å². The first-order valence-electron chi connectivity index (χ1n) is 6.59. The molecule has 0 aliphatic carbocycles. The van der Waals surface area contributed by atoms with Gasteiger partial charge in [0.25, 0.3) is 5.91 Å². The van der Waals surface area contributed by atoms with E-state index in [1.54, 1.807) is 31.7 Å². The van der Waals surface area contributed by atoms with Gasteiger partial charge in [-0.2, -0.15) is 0 Å². The van der Waals surface area contributed by atoms with Crippen LogP contribution in [0.1, 0.15) is 28.5 Å². The summed E-state index contributed by atoms with van der Waals surface area (Å²) in [7, 11) is 1.77. The summed E-state index contributed by atoms with van der Waals surface area (Å²) in [6, 6.07) is 5.63. The minimum absolute atomic E-state index is 0.135. The van der Waals surface area contributed by atoms with E-state index in [1.807, 2.05) is 12.1 Å². The molecule has 0 bridgehead atoms. The van der Waals surface area contributed by atoms with E-state index in [0.29, 0.717) is 17.8 Å². The molecule has 2 heterocycles. The van der Waals surface area contributed by atoms with Gasteiger partial charge in [-0.15, -0.1) is 0 Å². The van der Waals surface area contributed by atoms with Crippen molar-refractivity contribution in [2.45, 2.75) is 19.9 Å². The van der Waals surface area contributed by atoms with Gasteiger partial charge in [0, 0.05) is 19.4 Å². The molecule has 0 aliphatic rings. The number of carbonyl (C=O) groups is 1. The summed E-state index contributed by atoms with van der Waals surface area (Å²) in [6.45, 7) is 2.50. The van der Waals surface area contributed by atoms with E-state index < -0.39 is 0 Å².